The predicted octanol–water partition coefficient (Wildman–Crippen LogP) is 5.49. The largest absolute Gasteiger partial charge is 0.507 e. The van der Waals surface area contributed by atoms with Gasteiger partial charge in [0.2, 0.25) is 0 Å². The van der Waals surface area contributed by atoms with Crippen molar-refractivity contribution < 1.29 is 9.84 Å². The second kappa shape index (κ2) is 8.43. The van der Waals surface area contributed by atoms with E-state index in [1.807, 2.05) is 13.0 Å². The molecule has 2 heteroatoms. The lowest BCUT2D eigenvalue weighted by Gasteiger charge is -2.22. The Balaban J connectivity index is 2.51. The average Bonchev–Trinajstić information content (AvgIpc) is 2.40. The van der Waals surface area contributed by atoms with Gasteiger partial charge in [0.1, 0.15) is 5.75 Å². The van der Waals surface area contributed by atoms with Crippen LogP contribution in [0.25, 0.3) is 0 Å². The lowest BCUT2D eigenvalue weighted by Crippen LogP contribution is -2.12. The summed E-state index contributed by atoms with van der Waals surface area (Å²) in [5.74, 6) is 0.422. The maximum Gasteiger partial charge on any atom is 0.122 e. The van der Waals surface area contributed by atoms with Gasteiger partial charge in [0.25, 0.3) is 0 Å². The van der Waals surface area contributed by atoms with E-state index in [0.717, 1.165) is 29.7 Å². The Kier molecular flexibility index (Phi) is 7.24. The van der Waals surface area contributed by atoms with Crippen molar-refractivity contribution in [3.05, 3.63) is 28.8 Å². The molecule has 0 aromatic heterocycles. The SMILES string of the molecule is CCCCCCCOCc1cc(C)c(O)c(C(C)(C)C)c1. The fourth-order valence-corrected chi connectivity index (χ4v) is 2.51. The van der Waals surface area contributed by atoms with Crippen molar-refractivity contribution in [2.45, 2.75) is 78.7 Å². The molecule has 0 aliphatic rings. The third-order valence-corrected chi connectivity index (χ3v) is 3.83. The van der Waals surface area contributed by atoms with Crippen LogP contribution in [0.2, 0.25) is 0 Å². The summed E-state index contributed by atoms with van der Waals surface area (Å²) in [6.07, 6.45) is 6.32. The molecule has 1 aromatic rings. The van der Waals surface area contributed by atoms with E-state index < -0.39 is 0 Å². The van der Waals surface area contributed by atoms with Gasteiger partial charge in [-0.1, -0.05) is 59.4 Å². The Hall–Kier alpha value is -1.02. The molecular weight excluding hydrogens is 260 g/mol. The van der Waals surface area contributed by atoms with Crippen LogP contribution in [0, 0.1) is 6.92 Å². The number of phenolic OH excluding ortho intramolecular Hbond substituents is 1. The molecule has 0 saturated heterocycles. The first-order valence-corrected chi connectivity index (χ1v) is 8.27. The first-order chi connectivity index (χ1) is 9.86. The van der Waals surface area contributed by atoms with Crippen LogP contribution in [0.1, 0.15) is 76.5 Å². The van der Waals surface area contributed by atoms with Crippen LogP contribution >= 0.6 is 0 Å². The van der Waals surface area contributed by atoms with Crippen molar-refractivity contribution in [2.75, 3.05) is 6.61 Å². The van der Waals surface area contributed by atoms with Crippen molar-refractivity contribution in [1.29, 1.82) is 0 Å². The summed E-state index contributed by atoms with van der Waals surface area (Å²) < 4.78 is 5.78. The van der Waals surface area contributed by atoms with Crippen molar-refractivity contribution >= 4 is 0 Å². The first-order valence-electron chi connectivity index (χ1n) is 8.27. The number of benzene rings is 1. The zero-order chi connectivity index (χ0) is 15.9. The second-order valence-electron chi connectivity index (χ2n) is 7.03. The number of rotatable bonds is 8. The summed E-state index contributed by atoms with van der Waals surface area (Å²) in [5, 5.41) is 10.2. The van der Waals surface area contributed by atoms with Crippen LogP contribution < -0.4 is 0 Å². The summed E-state index contributed by atoms with van der Waals surface area (Å²) >= 11 is 0. The van der Waals surface area contributed by atoms with Crippen LogP contribution in [0.3, 0.4) is 0 Å². The molecule has 0 unspecified atom stereocenters. The molecule has 0 atom stereocenters. The fourth-order valence-electron chi connectivity index (χ4n) is 2.51. The highest BCUT2D eigenvalue weighted by molar-refractivity contribution is 5.46. The molecular formula is C19H32O2. The van der Waals surface area contributed by atoms with E-state index in [0.29, 0.717) is 12.4 Å². The van der Waals surface area contributed by atoms with Crippen LogP contribution in [0.5, 0.6) is 5.75 Å². The van der Waals surface area contributed by atoms with Gasteiger partial charge >= 0.3 is 0 Å². The summed E-state index contributed by atoms with van der Waals surface area (Å²) in [5.41, 5.74) is 3.04. The van der Waals surface area contributed by atoms with E-state index in [2.05, 4.69) is 33.8 Å². The summed E-state index contributed by atoms with van der Waals surface area (Å²) in [7, 11) is 0. The maximum absolute atomic E-state index is 10.2. The lowest BCUT2D eigenvalue weighted by molar-refractivity contribution is 0.116. The molecule has 0 amide bonds. The van der Waals surface area contributed by atoms with Crippen LogP contribution in [-0.2, 0) is 16.8 Å². The van der Waals surface area contributed by atoms with Crippen LogP contribution in [0.4, 0.5) is 0 Å². The fraction of sp³-hybridized carbons (Fsp3) is 0.684. The molecule has 1 rings (SSSR count). The van der Waals surface area contributed by atoms with Crippen LogP contribution in [-0.4, -0.2) is 11.7 Å². The van der Waals surface area contributed by atoms with E-state index in [1.165, 1.54) is 25.7 Å². The van der Waals surface area contributed by atoms with Crippen LogP contribution in [0.15, 0.2) is 12.1 Å². The highest BCUT2D eigenvalue weighted by Gasteiger charge is 2.20. The Labute approximate surface area is 130 Å². The van der Waals surface area contributed by atoms with Crippen molar-refractivity contribution in [3.8, 4) is 5.75 Å². The van der Waals surface area contributed by atoms with Gasteiger partial charge in [0, 0.05) is 6.61 Å². The molecule has 0 heterocycles. The number of unbranched alkanes of at least 4 members (excludes halogenated alkanes) is 4. The number of aromatic hydroxyl groups is 1. The molecule has 0 aliphatic heterocycles. The normalized spacial score (nSPS) is 11.9. The second-order valence-corrected chi connectivity index (χ2v) is 7.03. The van der Waals surface area contributed by atoms with Gasteiger partial charge in [-0.2, -0.15) is 0 Å². The molecule has 0 spiro atoms. The van der Waals surface area contributed by atoms with Crippen molar-refractivity contribution in [1.82, 2.24) is 0 Å². The highest BCUT2D eigenvalue weighted by atomic mass is 16.5. The molecule has 1 N–H and O–H groups in total. The van der Waals surface area contributed by atoms with E-state index in [4.69, 9.17) is 4.74 Å². The molecule has 0 radical (unpaired) electrons. The third kappa shape index (κ3) is 6.09. The minimum atomic E-state index is -0.0506. The van der Waals surface area contributed by atoms with Crippen molar-refractivity contribution in [2.24, 2.45) is 0 Å². The van der Waals surface area contributed by atoms with Crippen molar-refractivity contribution in [3.63, 3.8) is 0 Å². The minimum Gasteiger partial charge on any atom is -0.507 e. The first kappa shape index (κ1) is 18.0. The smallest absolute Gasteiger partial charge is 0.122 e. The zero-order valence-electron chi connectivity index (χ0n) is 14.5. The topological polar surface area (TPSA) is 29.5 Å². The Morgan fingerprint density at radius 2 is 1.71 bits per heavy atom. The molecule has 0 fully saturated rings. The monoisotopic (exact) mass is 292 g/mol. The summed E-state index contributed by atoms with van der Waals surface area (Å²) in [6.45, 7) is 12.0. The third-order valence-electron chi connectivity index (χ3n) is 3.83. The number of ether oxygens (including phenoxy) is 1. The Morgan fingerprint density at radius 1 is 1.05 bits per heavy atom. The van der Waals surface area contributed by atoms with E-state index in [-0.39, 0.29) is 5.41 Å². The van der Waals surface area contributed by atoms with E-state index >= 15 is 0 Å². The summed E-state index contributed by atoms with van der Waals surface area (Å²) in [6, 6.07) is 4.11. The minimum absolute atomic E-state index is 0.0506. The van der Waals surface area contributed by atoms with Gasteiger partial charge in [-0.25, -0.2) is 0 Å². The maximum atomic E-state index is 10.2. The van der Waals surface area contributed by atoms with Gasteiger partial charge in [-0.05, 0) is 41.5 Å². The number of aryl methyl sites for hydroxylation is 1. The van der Waals surface area contributed by atoms with Gasteiger partial charge < -0.3 is 9.84 Å². The number of phenols is 1. The lowest BCUT2D eigenvalue weighted by atomic mass is 9.84. The highest BCUT2D eigenvalue weighted by Crippen LogP contribution is 2.34. The molecule has 0 saturated carbocycles. The van der Waals surface area contributed by atoms with Gasteiger partial charge in [-0.15, -0.1) is 0 Å². The predicted molar refractivity (Wildman–Crippen MR) is 90.0 cm³/mol. The zero-order valence-corrected chi connectivity index (χ0v) is 14.5. The molecule has 0 bridgehead atoms. The van der Waals surface area contributed by atoms with E-state index in [1.54, 1.807) is 0 Å². The average molecular weight is 292 g/mol. The number of hydrogen-bond acceptors (Lipinski definition) is 2. The molecule has 120 valence electrons. The number of hydrogen-bond donors (Lipinski definition) is 1. The molecule has 1 aromatic carbocycles. The van der Waals surface area contributed by atoms with Gasteiger partial charge in [0.15, 0.2) is 0 Å². The quantitative estimate of drug-likeness (QED) is 0.642. The standard InChI is InChI=1S/C19H32O2/c1-6-7-8-9-10-11-21-14-16-12-15(2)18(20)17(13-16)19(3,4)5/h12-13,20H,6-11,14H2,1-5H3. The molecule has 0 aliphatic carbocycles. The van der Waals surface area contributed by atoms with Gasteiger partial charge in [-0.3, -0.25) is 0 Å². The Bertz CT molecular complexity index is 430. The molecule has 21 heavy (non-hydrogen) atoms. The van der Waals surface area contributed by atoms with Gasteiger partial charge in [0.05, 0.1) is 6.61 Å². The van der Waals surface area contributed by atoms with E-state index in [9.17, 15) is 5.11 Å². The Morgan fingerprint density at radius 3 is 2.33 bits per heavy atom. The summed E-state index contributed by atoms with van der Waals surface area (Å²) in [4.78, 5) is 0. The molecule has 2 nitrogen and oxygen atoms in total.